The first-order chi connectivity index (χ1) is 13.2. The molecule has 2 heterocycles. The van der Waals surface area contributed by atoms with Gasteiger partial charge in [0.25, 0.3) is 5.91 Å². The van der Waals surface area contributed by atoms with Crippen molar-refractivity contribution in [3.63, 3.8) is 0 Å². The minimum atomic E-state index is -0.379. The van der Waals surface area contributed by atoms with Gasteiger partial charge in [-0.05, 0) is 54.3 Å². The third kappa shape index (κ3) is 3.53. The van der Waals surface area contributed by atoms with Crippen molar-refractivity contribution in [1.82, 2.24) is 9.88 Å². The van der Waals surface area contributed by atoms with Crippen molar-refractivity contribution in [3.8, 4) is 0 Å². The van der Waals surface area contributed by atoms with Crippen LogP contribution in [0.2, 0.25) is 0 Å². The highest BCUT2D eigenvalue weighted by molar-refractivity contribution is 7.98. The number of anilines is 1. The van der Waals surface area contributed by atoms with Crippen LogP contribution in [0.25, 0.3) is 0 Å². The minimum Gasteiger partial charge on any atom is -0.360 e. The van der Waals surface area contributed by atoms with Crippen molar-refractivity contribution >= 4 is 23.4 Å². The van der Waals surface area contributed by atoms with Gasteiger partial charge in [0.2, 0.25) is 0 Å². The lowest BCUT2D eigenvalue weighted by Crippen LogP contribution is -2.32. The molecule has 27 heavy (non-hydrogen) atoms. The number of amides is 1. The summed E-state index contributed by atoms with van der Waals surface area (Å²) in [6, 6.07) is 17.8. The topological polar surface area (TPSA) is 45.2 Å². The van der Waals surface area contributed by atoms with E-state index in [9.17, 15) is 9.18 Å². The Morgan fingerprint density at radius 3 is 2.74 bits per heavy atom. The summed E-state index contributed by atoms with van der Waals surface area (Å²) in [5.41, 5.74) is 3.08. The Kier molecular flexibility index (Phi) is 4.81. The maximum atomic E-state index is 13.2. The van der Waals surface area contributed by atoms with Gasteiger partial charge in [-0.2, -0.15) is 0 Å². The van der Waals surface area contributed by atoms with Crippen LogP contribution in [-0.2, 0) is 6.54 Å². The molecule has 4 rings (SSSR count). The number of carbonyl (C=O) groups is 1. The van der Waals surface area contributed by atoms with E-state index in [-0.39, 0.29) is 17.9 Å². The molecule has 0 bridgehead atoms. The van der Waals surface area contributed by atoms with Crippen LogP contribution in [0.3, 0.4) is 0 Å². The van der Waals surface area contributed by atoms with Gasteiger partial charge in [0, 0.05) is 23.3 Å². The summed E-state index contributed by atoms with van der Waals surface area (Å²) in [6.45, 7) is 0.370. The highest BCUT2D eigenvalue weighted by Gasteiger charge is 2.37. The zero-order valence-corrected chi connectivity index (χ0v) is 15.5. The normalized spacial score (nSPS) is 15.7. The van der Waals surface area contributed by atoms with Gasteiger partial charge >= 0.3 is 0 Å². The van der Waals surface area contributed by atoms with Crippen LogP contribution in [0.15, 0.2) is 71.8 Å². The van der Waals surface area contributed by atoms with E-state index in [2.05, 4.69) is 10.3 Å². The van der Waals surface area contributed by atoms with E-state index in [1.807, 2.05) is 30.5 Å². The molecule has 1 unspecified atom stereocenters. The number of pyridine rings is 1. The molecule has 0 aliphatic carbocycles. The second-order valence-electron chi connectivity index (χ2n) is 6.27. The second-order valence-corrected chi connectivity index (χ2v) is 7.15. The SMILES string of the molecule is CSc1cccc(NC2c3ncccc3C(=O)N2Cc2ccc(F)cc2)c1. The summed E-state index contributed by atoms with van der Waals surface area (Å²) in [7, 11) is 0. The van der Waals surface area contributed by atoms with Crippen LogP contribution in [0, 0.1) is 5.82 Å². The van der Waals surface area contributed by atoms with E-state index < -0.39 is 0 Å². The number of carbonyl (C=O) groups excluding carboxylic acids is 1. The van der Waals surface area contributed by atoms with E-state index in [1.54, 1.807) is 47.1 Å². The number of hydrogen-bond donors (Lipinski definition) is 1. The highest BCUT2D eigenvalue weighted by Crippen LogP contribution is 2.34. The fourth-order valence-electron chi connectivity index (χ4n) is 3.20. The van der Waals surface area contributed by atoms with E-state index in [0.29, 0.717) is 17.8 Å². The molecule has 4 nitrogen and oxygen atoms in total. The average Bonchev–Trinajstić information content (AvgIpc) is 2.96. The van der Waals surface area contributed by atoms with Gasteiger partial charge in [-0.15, -0.1) is 11.8 Å². The Balaban J connectivity index is 1.67. The number of benzene rings is 2. The second kappa shape index (κ2) is 7.40. The zero-order valence-electron chi connectivity index (χ0n) is 14.7. The molecule has 2 aromatic carbocycles. The summed E-state index contributed by atoms with van der Waals surface area (Å²) in [5, 5.41) is 3.44. The summed E-state index contributed by atoms with van der Waals surface area (Å²) in [4.78, 5) is 20.3. The molecular weight excluding hydrogens is 361 g/mol. The number of halogens is 1. The first-order valence-corrected chi connectivity index (χ1v) is 9.79. The third-order valence-corrected chi connectivity index (χ3v) is 5.27. The molecule has 1 aromatic heterocycles. The standard InChI is InChI=1S/C21H18FN3OS/c1-27-17-5-2-4-16(12-17)24-20-19-18(6-3-11-23-19)21(26)25(20)13-14-7-9-15(22)10-8-14/h2-12,20,24H,13H2,1H3. The van der Waals surface area contributed by atoms with Crippen LogP contribution in [0.1, 0.15) is 27.8 Å². The van der Waals surface area contributed by atoms with E-state index >= 15 is 0 Å². The monoisotopic (exact) mass is 379 g/mol. The summed E-state index contributed by atoms with van der Waals surface area (Å²) in [6.07, 6.45) is 3.34. The molecule has 1 amide bonds. The van der Waals surface area contributed by atoms with Gasteiger partial charge in [-0.3, -0.25) is 9.78 Å². The molecular formula is C21H18FN3OS. The Hall–Kier alpha value is -2.86. The van der Waals surface area contributed by atoms with Gasteiger partial charge < -0.3 is 10.2 Å². The Labute approximate surface area is 161 Å². The maximum absolute atomic E-state index is 13.2. The average molecular weight is 379 g/mol. The fourth-order valence-corrected chi connectivity index (χ4v) is 3.66. The van der Waals surface area contributed by atoms with Gasteiger partial charge in [0.1, 0.15) is 12.0 Å². The van der Waals surface area contributed by atoms with Gasteiger partial charge in [-0.25, -0.2) is 4.39 Å². The number of thioether (sulfide) groups is 1. The first kappa shape index (κ1) is 17.5. The third-order valence-electron chi connectivity index (χ3n) is 4.54. The van der Waals surface area contributed by atoms with Crippen molar-refractivity contribution in [1.29, 1.82) is 0 Å². The lowest BCUT2D eigenvalue weighted by molar-refractivity contribution is 0.0727. The van der Waals surface area contributed by atoms with Crippen molar-refractivity contribution < 1.29 is 9.18 Å². The number of rotatable bonds is 5. The molecule has 136 valence electrons. The Morgan fingerprint density at radius 1 is 1.15 bits per heavy atom. The largest absolute Gasteiger partial charge is 0.360 e. The fraction of sp³-hybridized carbons (Fsp3) is 0.143. The Bertz CT molecular complexity index is 977. The number of nitrogens with one attached hydrogen (secondary N) is 1. The van der Waals surface area contributed by atoms with Crippen molar-refractivity contribution in [2.45, 2.75) is 17.6 Å². The predicted octanol–water partition coefficient (Wildman–Crippen LogP) is 4.71. The minimum absolute atomic E-state index is 0.0825. The van der Waals surface area contributed by atoms with E-state index in [4.69, 9.17) is 0 Å². The molecule has 1 aliphatic rings. The van der Waals surface area contributed by atoms with Gasteiger partial charge in [0.05, 0.1) is 11.3 Å². The smallest absolute Gasteiger partial charge is 0.258 e. The maximum Gasteiger partial charge on any atom is 0.258 e. The molecule has 0 radical (unpaired) electrons. The molecule has 0 spiro atoms. The number of hydrogen-bond acceptors (Lipinski definition) is 4. The van der Waals surface area contributed by atoms with Crippen molar-refractivity contribution in [2.24, 2.45) is 0 Å². The van der Waals surface area contributed by atoms with Gasteiger partial charge in [-0.1, -0.05) is 18.2 Å². The molecule has 0 fully saturated rings. The van der Waals surface area contributed by atoms with Gasteiger partial charge in [0.15, 0.2) is 0 Å². The van der Waals surface area contributed by atoms with Crippen LogP contribution in [-0.4, -0.2) is 22.0 Å². The molecule has 1 aliphatic heterocycles. The lowest BCUT2D eigenvalue weighted by Gasteiger charge is -2.26. The molecule has 0 saturated carbocycles. The van der Waals surface area contributed by atoms with Crippen LogP contribution >= 0.6 is 11.8 Å². The molecule has 6 heteroatoms. The number of aromatic nitrogens is 1. The molecule has 1 atom stereocenters. The van der Waals surface area contributed by atoms with Crippen LogP contribution in [0.5, 0.6) is 0 Å². The van der Waals surface area contributed by atoms with Crippen molar-refractivity contribution in [2.75, 3.05) is 11.6 Å². The quantitative estimate of drug-likeness (QED) is 0.652. The molecule has 3 aromatic rings. The zero-order chi connectivity index (χ0) is 18.8. The highest BCUT2D eigenvalue weighted by atomic mass is 32.2. The van der Waals surface area contributed by atoms with Crippen LogP contribution in [0.4, 0.5) is 10.1 Å². The first-order valence-electron chi connectivity index (χ1n) is 8.56. The summed E-state index contributed by atoms with van der Waals surface area (Å²) < 4.78 is 13.2. The van der Waals surface area contributed by atoms with E-state index in [1.165, 1.54) is 12.1 Å². The van der Waals surface area contributed by atoms with E-state index in [0.717, 1.165) is 16.1 Å². The molecule has 1 N–H and O–H groups in total. The number of fused-ring (bicyclic) bond motifs is 1. The molecule has 0 saturated heterocycles. The van der Waals surface area contributed by atoms with Crippen molar-refractivity contribution in [3.05, 3.63) is 89.5 Å². The predicted molar refractivity (Wildman–Crippen MR) is 105 cm³/mol. The Morgan fingerprint density at radius 2 is 1.96 bits per heavy atom. The number of nitrogens with zero attached hydrogens (tertiary/aromatic N) is 2. The lowest BCUT2D eigenvalue weighted by atomic mass is 10.2. The van der Waals surface area contributed by atoms with Crippen LogP contribution < -0.4 is 5.32 Å². The summed E-state index contributed by atoms with van der Waals surface area (Å²) in [5.74, 6) is -0.374. The summed E-state index contributed by atoms with van der Waals surface area (Å²) >= 11 is 1.66.